The molecule has 1 aromatic rings. The van der Waals surface area contributed by atoms with Crippen LogP contribution in [0.5, 0.6) is 0 Å². The summed E-state index contributed by atoms with van der Waals surface area (Å²) in [5.74, 6) is -1.86. The van der Waals surface area contributed by atoms with Crippen molar-refractivity contribution in [1.82, 2.24) is 8.79 Å². The molecule has 9 heteroatoms. The van der Waals surface area contributed by atoms with Gasteiger partial charge in [-0.3, -0.25) is 4.90 Å². The van der Waals surface area contributed by atoms with Gasteiger partial charge in [0.15, 0.2) is 5.69 Å². The van der Waals surface area contributed by atoms with Crippen molar-refractivity contribution in [3.05, 3.63) is 35.8 Å². The van der Waals surface area contributed by atoms with E-state index in [9.17, 15) is 22.7 Å². The van der Waals surface area contributed by atoms with Gasteiger partial charge in [0.05, 0.1) is 25.0 Å². The minimum Gasteiger partial charge on any atom is -0.477 e. The summed E-state index contributed by atoms with van der Waals surface area (Å²) in [6.07, 6.45) is 3.49. The van der Waals surface area contributed by atoms with E-state index in [1.165, 1.54) is 18.3 Å². The lowest BCUT2D eigenvalue weighted by Gasteiger charge is -2.50. The third-order valence-electron chi connectivity index (χ3n) is 6.13. The number of carboxylic acid groups (broad SMARTS) is 1. The Morgan fingerprint density at radius 2 is 1.93 bits per heavy atom. The fraction of sp³-hybridized carbons (Fsp3) is 0.500. The number of benzene rings is 1. The van der Waals surface area contributed by atoms with E-state index >= 15 is 0 Å². The highest BCUT2D eigenvalue weighted by Gasteiger charge is 2.57. The van der Waals surface area contributed by atoms with Crippen LogP contribution in [0.4, 0.5) is 10.1 Å². The lowest BCUT2D eigenvalue weighted by atomic mass is 9.89. The maximum Gasteiger partial charge on any atom is 0.342 e. The first-order valence-electron chi connectivity index (χ1n) is 8.80. The Labute approximate surface area is 157 Å². The number of nitrogens with zero attached hydrogens (tertiary/aromatic N) is 2. The molecule has 2 bridgehead atoms. The highest BCUT2D eigenvalue weighted by Crippen LogP contribution is 2.48. The number of carboxylic acids is 1. The van der Waals surface area contributed by atoms with Gasteiger partial charge in [0.1, 0.15) is 23.6 Å². The minimum absolute atomic E-state index is 0.0606. The van der Waals surface area contributed by atoms with Gasteiger partial charge in [-0.05, 0) is 19.2 Å². The molecular formula is C18H22FN2O5S+. The molecule has 4 atom stereocenters. The molecule has 0 aliphatic carbocycles. The number of sulfonamides is 1. The number of piperidine rings is 1. The second kappa shape index (κ2) is 6.10. The van der Waals surface area contributed by atoms with Gasteiger partial charge < -0.3 is 9.84 Å². The predicted molar refractivity (Wildman–Crippen MR) is 97.8 cm³/mol. The van der Waals surface area contributed by atoms with E-state index in [0.717, 1.165) is 12.3 Å². The van der Waals surface area contributed by atoms with E-state index in [1.54, 1.807) is 0 Å². The molecule has 1 aromatic carbocycles. The molecule has 3 aliphatic heterocycles. The van der Waals surface area contributed by atoms with Crippen molar-refractivity contribution in [2.75, 3.05) is 26.5 Å². The monoisotopic (exact) mass is 397 g/mol. The van der Waals surface area contributed by atoms with Crippen LogP contribution < -0.4 is 3.89 Å². The summed E-state index contributed by atoms with van der Waals surface area (Å²) in [4.78, 5) is 14.0. The number of likely N-dealkylation sites (N-methyl/N-ethyl adjacent to an activating group) is 1. The van der Waals surface area contributed by atoms with Gasteiger partial charge >= 0.3 is 16.0 Å². The second-order valence-corrected chi connectivity index (χ2v) is 9.66. The Morgan fingerprint density at radius 3 is 2.48 bits per heavy atom. The van der Waals surface area contributed by atoms with E-state index in [0.29, 0.717) is 31.7 Å². The van der Waals surface area contributed by atoms with Crippen molar-refractivity contribution in [2.24, 2.45) is 0 Å². The van der Waals surface area contributed by atoms with Crippen LogP contribution in [0.3, 0.4) is 0 Å². The van der Waals surface area contributed by atoms with Crippen molar-refractivity contribution in [1.29, 1.82) is 0 Å². The Hall–Kier alpha value is -1.81. The molecule has 2 saturated heterocycles. The zero-order chi connectivity index (χ0) is 19.6. The van der Waals surface area contributed by atoms with E-state index < -0.39 is 25.7 Å². The standard InChI is InChI=1S/C18H21FN2O5S/c1-20-12-6-14(7-13(20)10-26-9-12)21(27(2,24)25)8-16(18(22)23)15-5-11(19)3-4-17(15)21/h3-5,8,12-14H,6-7,9-10H2,1-2H3/p+1/t12-,13+,14-,21?. The molecule has 0 amide bonds. The SMILES string of the molecule is CN1[C@@H]2COC[C@H]1C[C@@H]([N+]1(S(C)(=O)=O)C=C(C(=O)O)c3cc(F)ccc31)C2. The summed E-state index contributed by atoms with van der Waals surface area (Å²) in [5.41, 5.74) is 0.272. The van der Waals surface area contributed by atoms with E-state index in [1.807, 2.05) is 7.05 Å². The minimum atomic E-state index is -3.79. The highest BCUT2D eigenvalue weighted by atomic mass is 32.2. The van der Waals surface area contributed by atoms with E-state index in [-0.39, 0.29) is 29.3 Å². The van der Waals surface area contributed by atoms with Crippen molar-refractivity contribution < 1.29 is 27.4 Å². The molecule has 1 unspecified atom stereocenters. The number of hydrogen-bond acceptors (Lipinski definition) is 5. The molecular weight excluding hydrogens is 375 g/mol. The van der Waals surface area contributed by atoms with Crippen molar-refractivity contribution in [3.63, 3.8) is 0 Å². The van der Waals surface area contributed by atoms with Crippen LogP contribution >= 0.6 is 0 Å². The van der Waals surface area contributed by atoms with E-state index in [2.05, 4.69) is 4.90 Å². The lowest BCUT2D eigenvalue weighted by molar-refractivity contribution is -0.130. The summed E-state index contributed by atoms with van der Waals surface area (Å²) in [6.45, 7) is 1.03. The van der Waals surface area contributed by atoms with Gasteiger partial charge in [-0.2, -0.15) is 12.3 Å². The van der Waals surface area contributed by atoms with Crippen LogP contribution in [0.25, 0.3) is 5.57 Å². The van der Waals surface area contributed by atoms with Crippen LogP contribution in [0, 0.1) is 5.82 Å². The largest absolute Gasteiger partial charge is 0.477 e. The second-order valence-electron chi connectivity index (χ2n) is 7.59. The van der Waals surface area contributed by atoms with Gasteiger partial charge in [0.2, 0.25) is 0 Å². The number of quaternary nitrogens is 1. The molecule has 2 fully saturated rings. The van der Waals surface area contributed by atoms with Crippen LogP contribution in [0.1, 0.15) is 18.4 Å². The normalized spacial score (nSPS) is 33.4. The fourth-order valence-electron chi connectivity index (χ4n) is 4.76. The Bertz CT molecular complexity index is 933. The van der Waals surface area contributed by atoms with Crippen LogP contribution in [-0.4, -0.2) is 69.0 Å². The summed E-state index contributed by atoms with van der Waals surface area (Å²) < 4.78 is 45.0. The number of morpholine rings is 1. The first-order valence-corrected chi connectivity index (χ1v) is 10.6. The molecule has 0 saturated carbocycles. The molecule has 4 rings (SSSR count). The summed E-state index contributed by atoms with van der Waals surface area (Å²) >= 11 is 0. The van der Waals surface area contributed by atoms with Crippen molar-refractivity contribution in [2.45, 2.75) is 31.0 Å². The Kier molecular flexibility index (Phi) is 4.19. The first kappa shape index (κ1) is 18.5. The Morgan fingerprint density at radius 1 is 1.30 bits per heavy atom. The van der Waals surface area contributed by atoms with Crippen LogP contribution in [-0.2, 0) is 19.6 Å². The van der Waals surface area contributed by atoms with E-state index in [4.69, 9.17) is 4.74 Å². The predicted octanol–water partition coefficient (Wildman–Crippen LogP) is 1.39. The molecule has 0 radical (unpaired) electrons. The van der Waals surface area contributed by atoms with Crippen molar-refractivity contribution in [3.8, 4) is 0 Å². The van der Waals surface area contributed by atoms with Gasteiger partial charge in [0, 0.05) is 31.0 Å². The maximum absolute atomic E-state index is 13.8. The van der Waals surface area contributed by atoms with Crippen LogP contribution in [0.15, 0.2) is 24.4 Å². The molecule has 146 valence electrons. The number of halogens is 1. The summed E-state index contributed by atoms with van der Waals surface area (Å²) in [5, 5.41) is 9.63. The molecule has 3 aliphatic rings. The molecule has 3 heterocycles. The quantitative estimate of drug-likeness (QED) is 0.776. The summed E-state index contributed by atoms with van der Waals surface area (Å²) in [6, 6.07) is 3.46. The number of aliphatic carboxylic acids is 1. The smallest absolute Gasteiger partial charge is 0.342 e. The molecule has 1 N–H and O–H groups in total. The van der Waals surface area contributed by atoms with Gasteiger partial charge in [0.25, 0.3) is 0 Å². The number of fused-ring (bicyclic) bond motifs is 3. The molecule has 27 heavy (non-hydrogen) atoms. The number of hydrogen-bond donors (Lipinski definition) is 1. The fourth-order valence-corrected chi connectivity index (χ4v) is 6.28. The topological polar surface area (TPSA) is 83.9 Å². The molecule has 0 aromatic heterocycles. The zero-order valence-electron chi connectivity index (χ0n) is 15.1. The Balaban J connectivity index is 1.92. The maximum atomic E-state index is 13.8. The average Bonchev–Trinajstić information content (AvgIpc) is 2.90. The van der Waals surface area contributed by atoms with Gasteiger partial charge in [-0.1, -0.05) is 0 Å². The first-order chi connectivity index (χ1) is 12.6. The highest BCUT2D eigenvalue weighted by molar-refractivity contribution is 7.90. The number of rotatable bonds is 3. The van der Waals surface area contributed by atoms with Gasteiger partial charge in [-0.15, -0.1) is 0 Å². The van der Waals surface area contributed by atoms with Crippen LogP contribution in [0.2, 0.25) is 0 Å². The number of carbonyl (C=O) groups is 1. The van der Waals surface area contributed by atoms with Crippen molar-refractivity contribution >= 4 is 27.3 Å². The lowest BCUT2D eigenvalue weighted by Crippen LogP contribution is -2.65. The third kappa shape index (κ3) is 2.64. The summed E-state index contributed by atoms with van der Waals surface area (Å²) in [7, 11) is -1.78. The molecule has 7 nitrogen and oxygen atoms in total. The number of ether oxygens (including phenoxy) is 1. The zero-order valence-corrected chi connectivity index (χ0v) is 15.9. The molecule has 0 spiro atoms. The average molecular weight is 397 g/mol. The third-order valence-corrected chi connectivity index (χ3v) is 7.83. The van der Waals surface area contributed by atoms with Gasteiger partial charge in [-0.25, -0.2) is 9.18 Å².